The number of likely N-dealkylation sites (tertiary alicyclic amines) is 1. The molecule has 3 amide bonds. The summed E-state index contributed by atoms with van der Waals surface area (Å²) in [6.45, 7) is 1.94. The first-order valence-corrected chi connectivity index (χ1v) is 10.9. The predicted molar refractivity (Wildman–Crippen MR) is 109 cm³/mol. The third-order valence-corrected chi connectivity index (χ3v) is 6.17. The summed E-state index contributed by atoms with van der Waals surface area (Å²) in [6.07, 6.45) is 0.0610. The number of hydrogen-bond donors (Lipinski definition) is 2. The second kappa shape index (κ2) is 8.37. The number of nitrogens with two attached hydrogens (primary N) is 1. The summed E-state index contributed by atoms with van der Waals surface area (Å²) in [4.78, 5) is 38.6. The Hall–Kier alpha value is -3.04. The van der Waals surface area contributed by atoms with E-state index in [0.717, 1.165) is 10.5 Å². The van der Waals surface area contributed by atoms with Crippen LogP contribution in [-0.4, -0.2) is 37.6 Å². The quantitative estimate of drug-likeness (QED) is 0.636. The molecule has 30 heavy (non-hydrogen) atoms. The van der Waals surface area contributed by atoms with Crippen LogP contribution < -0.4 is 10.5 Å². The molecule has 3 rings (SSSR count). The maximum absolute atomic E-state index is 12.9. The predicted octanol–water partition coefficient (Wildman–Crippen LogP) is 1.06. The van der Waals surface area contributed by atoms with Gasteiger partial charge in [-0.05, 0) is 30.2 Å². The van der Waals surface area contributed by atoms with Crippen LogP contribution in [0.3, 0.4) is 0 Å². The number of imide groups is 1. The molecule has 0 saturated carbocycles. The Morgan fingerprint density at radius 2 is 1.73 bits per heavy atom. The number of rotatable bonds is 7. The van der Waals surface area contributed by atoms with Crippen LogP contribution in [0.15, 0.2) is 59.5 Å². The second-order valence-corrected chi connectivity index (χ2v) is 9.00. The van der Waals surface area contributed by atoms with E-state index < -0.39 is 15.4 Å². The summed E-state index contributed by atoms with van der Waals surface area (Å²) in [5.74, 6) is -0.915. The minimum atomic E-state index is -3.77. The Bertz CT molecular complexity index is 1070. The van der Waals surface area contributed by atoms with Gasteiger partial charge in [0.25, 0.3) is 0 Å². The molecule has 0 spiro atoms. The van der Waals surface area contributed by atoms with Gasteiger partial charge in [-0.1, -0.05) is 42.5 Å². The number of hydrogen-bond acceptors (Lipinski definition) is 5. The van der Waals surface area contributed by atoms with Crippen molar-refractivity contribution in [2.45, 2.75) is 36.6 Å². The minimum Gasteiger partial charge on any atom is -0.352 e. The van der Waals surface area contributed by atoms with Gasteiger partial charge in [-0.25, -0.2) is 13.6 Å². The Balaban J connectivity index is 1.54. The third-order valence-electron chi connectivity index (χ3n) is 5.24. The Labute approximate surface area is 175 Å². The number of benzene rings is 2. The normalized spacial score (nSPS) is 19.2. The summed E-state index contributed by atoms with van der Waals surface area (Å²) < 4.78 is 22.5. The number of primary sulfonamides is 1. The van der Waals surface area contributed by atoms with Crippen LogP contribution in [0, 0.1) is 0 Å². The molecule has 8 nitrogen and oxygen atoms in total. The van der Waals surface area contributed by atoms with Gasteiger partial charge in [0.2, 0.25) is 27.7 Å². The van der Waals surface area contributed by atoms with E-state index in [2.05, 4.69) is 5.32 Å². The van der Waals surface area contributed by atoms with Crippen molar-refractivity contribution in [3.8, 4) is 0 Å². The fourth-order valence-corrected chi connectivity index (χ4v) is 3.96. The first kappa shape index (κ1) is 21.7. The Morgan fingerprint density at radius 1 is 1.10 bits per heavy atom. The highest BCUT2D eigenvalue weighted by atomic mass is 32.2. The van der Waals surface area contributed by atoms with Crippen LogP contribution in [0.5, 0.6) is 0 Å². The molecule has 1 aliphatic heterocycles. The molecule has 0 aliphatic carbocycles. The van der Waals surface area contributed by atoms with Gasteiger partial charge in [0.15, 0.2) is 0 Å². The minimum absolute atomic E-state index is 0.00917. The zero-order valence-electron chi connectivity index (χ0n) is 16.5. The van der Waals surface area contributed by atoms with Gasteiger partial charge < -0.3 is 5.32 Å². The molecule has 1 heterocycles. The van der Waals surface area contributed by atoms with Gasteiger partial charge in [-0.15, -0.1) is 0 Å². The summed E-state index contributed by atoms with van der Waals surface area (Å²) in [7, 11) is -3.77. The fourth-order valence-electron chi connectivity index (χ4n) is 3.44. The maximum Gasteiger partial charge on any atom is 0.240 e. The molecule has 0 aromatic heterocycles. The van der Waals surface area contributed by atoms with E-state index in [1.54, 1.807) is 19.1 Å². The average Bonchev–Trinajstić information content (AvgIpc) is 2.94. The molecule has 1 saturated heterocycles. The van der Waals surface area contributed by atoms with Crippen LogP contribution in [0.25, 0.3) is 0 Å². The molecule has 0 radical (unpaired) electrons. The monoisotopic (exact) mass is 429 g/mol. The van der Waals surface area contributed by atoms with Gasteiger partial charge in [0.05, 0.1) is 10.3 Å². The largest absolute Gasteiger partial charge is 0.352 e. The van der Waals surface area contributed by atoms with Crippen LogP contribution in [0.1, 0.15) is 30.9 Å². The van der Waals surface area contributed by atoms with Crippen molar-refractivity contribution in [1.29, 1.82) is 0 Å². The lowest BCUT2D eigenvalue weighted by Crippen LogP contribution is -2.38. The van der Waals surface area contributed by atoms with E-state index >= 15 is 0 Å². The standard InChI is InChI=1S/C21H23N3O5S/c1-21(16-5-3-2-4-6-16)13-19(26)24(20(21)27)12-11-18(25)23-14-15-7-9-17(10-8-15)30(22,28)29/h2-10H,11-14H2,1H3,(H,23,25)(H2,22,28,29)/t21-/m1/s1. The van der Waals surface area contributed by atoms with Crippen molar-refractivity contribution in [2.75, 3.05) is 6.54 Å². The van der Waals surface area contributed by atoms with E-state index in [0.29, 0.717) is 5.56 Å². The Kier molecular flexibility index (Phi) is 6.04. The van der Waals surface area contributed by atoms with Crippen molar-refractivity contribution in [3.05, 3.63) is 65.7 Å². The lowest BCUT2D eigenvalue weighted by molar-refractivity contribution is -0.140. The van der Waals surface area contributed by atoms with Gasteiger partial charge in [0.1, 0.15) is 0 Å². The number of sulfonamides is 1. The topological polar surface area (TPSA) is 127 Å². The highest BCUT2D eigenvalue weighted by Crippen LogP contribution is 2.36. The molecular weight excluding hydrogens is 406 g/mol. The van der Waals surface area contributed by atoms with Gasteiger partial charge in [0, 0.05) is 25.9 Å². The van der Waals surface area contributed by atoms with Gasteiger partial charge in [-0.2, -0.15) is 0 Å². The second-order valence-electron chi connectivity index (χ2n) is 7.44. The molecule has 2 aromatic carbocycles. The molecule has 0 unspecified atom stereocenters. The number of amides is 3. The Morgan fingerprint density at radius 3 is 2.33 bits per heavy atom. The molecule has 1 aliphatic rings. The number of nitrogens with one attached hydrogen (secondary N) is 1. The molecule has 1 atom stereocenters. The molecule has 158 valence electrons. The van der Waals surface area contributed by atoms with E-state index in [1.165, 1.54) is 12.1 Å². The first-order chi connectivity index (χ1) is 14.1. The molecule has 0 bridgehead atoms. The van der Waals surface area contributed by atoms with Crippen molar-refractivity contribution < 1.29 is 22.8 Å². The lowest BCUT2D eigenvalue weighted by atomic mass is 9.81. The third kappa shape index (κ3) is 4.58. The van der Waals surface area contributed by atoms with Crippen molar-refractivity contribution in [2.24, 2.45) is 5.14 Å². The van der Waals surface area contributed by atoms with E-state index in [-0.39, 0.29) is 48.5 Å². The molecular formula is C21H23N3O5S. The first-order valence-electron chi connectivity index (χ1n) is 9.40. The van der Waals surface area contributed by atoms with Crippen LogP contribution in [-0.2, 0) is 36.4 Å². The zero-order chi connectivity index (χ0) is 21.9. The highest BCUT2D eigenvalue weighted by Gasteiger charge is 2.49. The summed E-state index contributed by atoms with van der Waals surface area (Å²) in [6, 6.07) is 15.0. The molecule has 3 N–H and O–H groups in total. The highest BCUT2D eigenvalue weighted by molar-refractivity contribution is 7.89. The fraction of sp³-hybridized carbons (Fsp3) is 0.286. The van der Waals surface area contributed by atoms with Crippen molar-refractivity contribution >= 4 is 27.7 Å². The summed E-state index contributed by atoms with van der Waals surface area (Å²) in [5.41, 5.74) is 0.554. The SMILES string of the molecule is C[C@]1(c2ccccc2)CC(=O)N(CCC(=O)NCc2ccc(S(N)(=O)=O)cc2)C1=O. The van der Waals surface area contributed by atoms with E-state index in [9.17, 15) is 22.8 Å². The molecule has 9 heteroatoms. The van der Waals surface area contributed by atoms with Crippen molar-refractivity contribution in [3.63, 3.8) is 0 Å². The smallest absolute Gasteiger partial charge is 0.240 e. The van der Waals surface area contributed by atoms with Gasteiger partial charge >= 0.3 is 0 Å². The van der Waals surface area contributed by atoms with Crippen LogP contribution in [0.2, 0.25) is 0 Å². The lowest BCUT2D eigenvalue weighted by Gasteiger charge is -2.22. The number of carbonyl (C=O) groups is 3. The molecule has 1 fully saturated rings. The molecule has 2 aromatic rings. The van der Waals surface area contributed by atoms with Crippen molar-refractivity contribution in [1.82, 2.24) is 10.2 Å². The van der Waals surface area contributed by atoms with Crippen LogP contribution >= 0.6 is 0 Å². The summed E-state index contributed by atoms with van der Waals surface area (Å²) in [5, 5.41) is 7.74. The number of nitrogens with zero attached hydrogens (tertiary/aromatic N) is 1. The summed E-state index contributed by atoms with van der Waals surface area (Å²) >= 11 is 0. The average molecular weight is 429 g/mol. The van der Waals surface area contributed by atoms with Crippen LogP contribution in [0.4, 0.5) is 0 Å². The van der Waals surface area contributed by atoms with E-state index in [4.69, 9.17) is 5.14 Å². The maximum atomic E-state index is 12.9. The zero-order valence-corrected chi connectivity index (χ0v) is 17.3. The van der Waals surface area contributed by atoms with Gasteiger partial charge in [-0.3, -0.25) is 19.3 Å². The number of carbonyl (C=O) groups excluding carboxylic acids is 3. The van der Waals surface area contributed by atoms with E-state index in [1.807, 2.05) is 30.3 Å².